The van der Waals surface area contributed by atoms with Gasteiger partial charge in [-0.2, -0.15) is 0 Å². The lowest BCUT2D eigenvalue weighted by molar-refractivity contribution is 0.101. The molecule has 0 aliphatic carbocycles. The molecular weight excluding hydrogens is 376 g/mol. The zero-order valence-corrected chi connectivity index (χ0v) is 17.3. The van der Waals surface area contributed by atoms with Crippen molar-refractivity contribution in [3.63, 3.8) is 0 Å². The van der Waals surface area contributed by atoms with Crippen molar-refractivity contribution in [1.82, 2.24) is 0 Å². The third kappa shape index (κ3) is 5.47. The Morgan fingerprint density at radius 3 is 1.90 bits per heavy atom. The summed E-state index contributed by atoms with van der Waals surface area (Å²) >= 11 is 0. The number of anilines is 2. The van der Waals surface area contributed by atoms with Gasteiger partial charge in [-0.3, -0.25) is 9.59 Å². The topological polar surface area (TPSA) is 67.4 Å². The molecule has 3 rings (SSSR count). The van der Waals surface area contributed by atoms with Crippen molar-refractivity contribution in [2.75, 3.05) is 17.2 Å². The van der Waals surface area contributed by atoms with Gasteiger partial charge in [-0.1, -0.05) is 43.7 Å². The summed E-state index contributed by atoms with van der Waals surface area (Å²) in [7, 11) is 0. The van der Waals surface area contributed by atoms with Crippen LogP contribution in [0.15, 0.2) is 72.8 Å². The van der Waals surface area contributed by atoms with Crippen molar-refractivity contribution in [2.24, 2.45) is 0 Å². The molecule has 154 valence electrons. The lowest BCUT2D eigenvalue weighted by Crippen LogP contribution is -2.15. The van der Waals surface area contributed by atoms with Gasteiger partial charge in [0.2, 0.25) is 0 Å². The zero-order chi connectivity index (χ0) is 21.3. The number of hydrogen-bond donors (Lipinski definition) is 2. The van der Waals surface area contributed by atoms with Gasteiger partial charge in [-0.05, 0) is 61.4 Å². The van der Waals surface area contributed by atoms with Crippen molar-refractivity contribution in [3.05, 3.63) is 89.5 Å². The van der Waals surface area contributed by atoms with E-state index in [-0.39, 0.29) is 11.8 Å². The number of carbonyl (C=O) groups excluding carboxylic acids is 2. The Bertz CT molecular complexity index is 1010. The Morgan fingerprint density at radius 1 is 0.767 bits per heavy atom. The van der Waals surface area contributed by atoms with Gasteiger partial charge in [0.05, 0.1) is 12.2 Å². The Balaban J connectivity index is 1.64. The van der Waals surface area contributed by atoms with Crippen LogP contribution >= 0.6 is 0 Å². The normalized spacial score (nSPS) is 10.3. The maximum absolute atomic E-state index is 12.7. The van der Waals surface area contributed by atoms with Gasteiger partial charge in [0.15, 0.2) is 0 Å². The van der Waals surface area contributed by atoms with Gasteiger partial charge in [0.1, 0.15) is 5.75 Å². The molecule has 0 heterocycles. The van der Waals surface area contributed by atoms with E-state index in [2.05, 4.69) is 17.6 Å². The van der Waals surface area contributed by atoms with E-state index in [4.69, 9.17) is 4.74 Å². The van der Waals surface area contributed by atoms with Gasteiger partial charge in [-0.15, -0.1) is 0 Å². The average Bonchev–Trinajstić information content (AvgIpc) is 2.76. The van der Waals surface area contributed by atoms with Crippen molar-refractivity contribution in [1.29, 1.82) is 0 Å². The summed E-state index contributed by atoms with van der Waals surface area (Å²) in [6.07, 6.45) is 1.97. The first-order chi connectivity index (χ1) is 14.6. The summed E-state index contributed by atoms with van der Waals surface area (Å²) in [5.74, 6) is 0.174. The van der Waals surface area contributed by atoms with Crippen LogP contribution in [-0.2, 0) is 0 Å². The highest BCUT2D eigenvalue weighted by Crippen LogP contribution is 2.21. The molecular formula is C25H26N2O3. The maximum atomic E-state index is 12.7. The molecule has 0 radical (unpaired) electrons. The first-order valence-electron chi connectivity index (χ1n) is 10.1. The number of unbranched alkanes of at least 4 members (excludes halogenated alkanes) is 1. The largest absolute Gasteiger partial charge is 0.493 e. The van der Waals surface area contributed by atoms with E-state index in [9.17, 15) is 9.59 Å². The number of benzene rings is 3. The molecule has 0 aliphatic heterocycles. The molecule has 3 aromatic rings. The van der Waals surface area contributed by atoms with Crippen molar-refractivity contribution in [3.8, 4) is 5.75 Å². The third-order valence-corrected chi connectivity index (χ3v) is 4.68. The summed E-state index contributed by atoms with van der Waals surface area (Å²) in [6.45, 7) is 4.57. The fourth-order valence-corrected chi connectivity index (χ4v) is 2.97. The van der Waals surface area contributed by atoms with E-state index < -0.39 is 0 Å². The molecule has 0 saturated heterocycles. The number of para-hydroxylation sites is 1. The molecule has 5 heteroatoms. The number of ether oxygens (including phenoxy) is 1. The smallest absolute Gasteiger partial charge is 0.259 e. The molecule has 0 aliphatic rings. The summed E-state index contributed by atoms with van der Waals surface area (Å²) in [5.41, 5.74) is 3.33. The molecule has 30 heavy (non-hydrogen) atoms. The van der Waals surface area contributed by atoms with Crippen molar-refractivity contribution in [2.45, 2.75) is 26.7 Å². The molecule has 0 unspecified atom stereocenters. The summed E-state index contributed by atoms with van der Waals surface area (Å²) in [6, 6.07) is 21.7. The minimum Gasteiger partial charge on any atom is -0.493 e. The Hall–Kier alpha value is -3.60. The number of nitrogens with one attached hydrogen (secondary N) is 2. The molecule has 5 nitrogen and oxygen atoms in total. The van der Waals surface area contributed by atoms with Crippen LogP contribution in [0.1, 0.15) is 46.0 Å². The van der Waals surface area contributed by atoms with E-state index in [1.165, 1.54) is 0 Å². The predicted octanol–water partition coefficient (Wildman–Crippen LogP) is 5.68. The molecule has 2 N–H and O–H groups in total. The van der Waals surface area contributed by atoms with Crippen LogP contribution < -0.4 is 15.4 Å². The minimum atomic E-state index is -0.237. The molecule has 0 fully saturated rings. The van der Waals surface area contributed by atoms with E-state index in [1.807, 2.05) is 37.3 Å². The number of hydrogen-bond acceptors (Lipinski definition) is 3. The first kappa shape index (κ1) is 21.1. The van der Waals surface area contributed by atoms with E-state index in [0.717, 1.165) is 18.4 Å². The first-order valence-corrected chi connectivity index (χ1v) is 10.1. The molecule has 0 saturated carbocycles. The maximum Gasteiger partial charge on any atom is 0.259 e. The Kier molecular flexibility index (Phi) is 7.22. The number of aryl methyl sites for hydroxylation is 1. The Labute approximate surface area is 177 Å². The lowest BCUT2D eigenvalue weighted by Gasteiger charge is -2.12. The highest BCUT2D eigenvalue weighted by molar-refractivity contribution is 6.07. The van der Waals surface area contributed by atoms with E-state index in [1.54, 1.807) is 42.5 Å². The third-order valence-electron chi connectivity index (χ3n) is 4.68. The highest BCUT2D eigenvalue weighted by atomic mass is 16.5. The molecule has 0 aromatic heterocycles. The van der Waals surface area contributed by atoms with Crippen molar-refractivity contribution >= 4 is 23.2 Å². The van der Waals surface area contributed by atoms with Crippen LogP contribution in [0.25, 0.3) is 0 Å². The molecule has 0 spiro atoms. The minimum absolute atomic E-state index is 0.164. The van der Waals surface area contributed by atoms with Crippen LogP contribution in [0.4, 0.5) is 11.4 Å². The van der Waals surface area contributed by atoms with E-state index >= 15 is 0 Å². The van der Waals surface area contributed by atoms with E-state index in [0.29, 0.717) is 34.9 Å². The summed E-state index contributed by atoms with van der Waals surface area (Å²) in [4.78, 5) is 25.1. The summed E-state index contributed by atoms with van der Waals surface area (Å²) in [5, 5.41) is 5.76. The summed E-state index contributed by atoms with van der Waals surface area (Å²) < 4.78 is 5.74. The van der Waals surface area contributed by atoms with Gasteiger partial charge >= 0.3 is 0 Å². The molecule has 2 amide bonds. The van der Waals surface area contributed by atoms with Gasteiger partial charge < -0.3 is 15.4 Å². The number of amides is 2. The fraction of sp³-hybridized carbons (Fsp3) is 0.200. The molecule has 0 atom stereocenters. The number of carbonyl (C=O) groups is 2. The van der Waals surface area contributed by atoms with Crippen molar-refractivity contribution < 1.29 is 14.3 Å². The second-order valence-corrected chi connectivity index (χ2v) is 7.00. The quantitative estimate of drug-likeness (QED) is 0.477. The van der Waals surface area contributed by atoms with Crippen LogP contribution in [-0.4, -0.2) is 18.4 Å². The average molecular weight is 402 g/mol. The lowest BCUT2D eigenvalue weighted by atomic mass is 10.1. The van der Waals surface area contributed by atoms with Gasteiger partial charge in [-0.25, -0.2) is 0 Å². The molecule has 0 bridgehead atoms. The van der Waals surface area contributed by atoms with Crippen LogP contribution in [0.2, 0.25) is 0 Å². The highest BCUT2D eigenvalue weighted by Gasteiger charge is 2.13. The van der Waals surface area contributed by atoms with Gasteiger partial charge in [0, 0.05) is 16.9 Å². The zero-order valence-electron chi connectivity index (χ0n) is 17.3. The second kappa shape index (κ2) is 10.3. The van der Waals surface area contributed by atoms with Gasteiger partial charge in [0.25, 0.3) is 11.8 Å². The molecule has 3 aromatic carbocycles. The second-order valence-electron chi connectivity index (χ2n) is 7.00. The van der Waals surface area contributed by atoms with Crippen LogP contribution in [0.5, 0.6) is 5.75 Å². The van der Waals surface area contributed by atoms with Crippen LogP contribution in [0.3, 0.4) is 0 Å². The SMILES string of the molecule is CCCCOc1ccccc1C(=O)Nc1ccc(NC(=O)c2ccccc2C)cc1. The monoisotopic (exact) mass is 402 g/mol. The number of rotatable bonds is 8. The fourth-order valence-electron chi connectivity index (χ4n) is 2.97. The predicted molar refractivity (Wildman–Crippen MR) is 120 cm³/mol. The Morgan fingerprint density at radius 2 is 1.30 bits per heavy atom. The van der Waals surface area contributed by atoms with Crippen LogP contribution in [0, 0.1) is 6.92 Å². The standard InChI is InChI=1S/C25H26N2O3/c1-3-4-17-30-23-12-8-7-11-22(23)25(29)27-20-15-13-19(14-16-20)26-24(28)21-10-6-5-9-18(21)2/h5-16H,3-4,17H2,1-2H3,(H,26,28)(H,27,29).